The second-order valence-corrected chi connectivity index (χ2v) is 3.61. The van der Waals surface area contributed by atoms with Gasteiger partial charge in [-0.3, -0.25) is 10.1 Å². The van der Waals surface area contributed by atoms with Crippen LogP contribution < -0.4 is 5.32 Å². The van der Waals surface area contributed by atoms with Crippen LogP contribution in [0.5, 0.6) is 0 Å². The summed E-state index contributed by atoms with van der Waals surface area (Å²) in [6.45, 7) is 3.78. The molecule has 1 aromatic heterocycles. The fourth-order valence-electron chi connectivity index (χ4n) is 1.16. The summed E-state index contributed by atoms with van der Waals surface area (Å²) in [5.74, 6) is -1.15. The van der Waals surface area contributed by atoms with Crippen molar-refractivity contribution in [2.75, 3.05) is 5.32 Å². The van der Waals surface area contributed by atoms with Gasteiger partial charge < -0.3 is 10.4 Å². The van der Waals surface area contributed by atoms with Crippen molar-refractivity contribution in [1.82, 2.24) is 4.98 Å². The van der Waals surface area contributed by atoms with Gasteiger partial charge in [-0.05, 0) is 13.3 Å². The zero-order valence-corrected chi connectivity index (χ0v) is 9.51. The SMILES string of the molecule is CCC(C)Nc1ncc(C(=O)O)cc1[N+](=O)[O-]. The molecule has 7 heteroatoms. The molecule has 0 bridgehead atoms. The van der Waals surface area contributed by atoms with E-state index >= 15 is 0 Å². The summed E-state index contributed by atoms with van der Waals surface area (Å²) in [6, 6.07) is 1.02. The summed E-state index contributed by atoms with van der Waals surface area (Å²) in [5.41, 5.74) is -0.531. The molecular formula is C10H13N3O4. The molecule has 1 rings (SSSR count). The number of nitrogens with zero attached hydrogens (tertiary/aromatic N) is 2. The Morgan fingerprint density at radius 1 is 1.71 bits per heavy atom. The molecule has 1 atom stereocenters. The molecule has 0 aliphatic heterocycles. The Hall–Kier alpha value is -2.18. The maximum Gasteiger partial charge on any atom is 0.337 e. The van der Waals surface area contributed by atoms with Gasteiger partial charge >= 0.3 is 11.7 Å². The van der Waals surface area contributed by atoms with E-state index in [1.54, 1.807) is 0 Å². The fourth-order valence-corrected chi connectivity index (χ4v) is 1.16. The summed E-state index contributed by atoms with van der Waals surface area (Å²) in [4.78, 5) is 24.6. The molecular weight excluding hydrogens is 226 g/mol. The lowest BCUT2D eigenvalue weighted by Gasteiger charge is -2.11. The Labute approximate surface area is 97.6 Å². The first-order chi connectivity index (χ1) is 7.95. The highest BCUT2D eigenvalue weighted by atomic mass is 16.6. The summed E-state index contributed by atoms with van der Waals surface area (Å²) in [5, 5.41) is 22.4. The van der Waals surface area contributed by atoms with E-state index in [1.165, 1.54) is 0 Å². The maximum absolute atomic E-state index is 10.8. The van der Waals surface area contributed by atoms with Crippen LogP contribution in [-0.4, -0.2) is 27.0 Å². The zero-order valence-electron chi connectivity index (χ0n) is 9.51. The van der Waals surface area contributed by atoms with Gasteiger partial charge in [-0.1, -0.05) is 6.92 Å². The Morgan fingerprint density at radius 2 is 2.35 bits per heavy atom. The molecule has 2 N–H and O–H groups in total. The molecule has 1 heterocycles. The summed E-state index contributed by atoms with van der Waals surface area (Å²) < 4.78 is 0. The average Bonchev–Trinajstić information content (AvgIpc) is 2.28. The quantitative estimate of drug-likeness (QED) is 0.600. The highest BCUT2D eigenvalue weighted by Gasteiger charge is 2.19. The fraction of sp³-hybridized carbons (Fsp3) is 0.400. The minimum atomic E-state index is -1.24. The Morgan fingerprint density at radius 3 is 2.82 bits per heavy atom. The monoisotopic (exact) mass is 239 g/mol. The molecule has 0 aromatic carbocycles. The molecule has 0 saturated carbocycles. The van der Waals surface area contributed by atoms with E-state index < -0.39 is 10.9 Å². The lowest BCUT2D eigenvalue weighted by Crippen LogP contribution is -2.16. The normalized spacial score (nSPS) is 11.9. The molecule has 17 heavy (non-hydrogen) atoms. The van der Waals surface area contributed by atoms with Gasteiger partial charge in [0.15, 0.2) is 0 Å². The number of nitrogens with one attached hydrogen (secondary N) is 1. The topological polar surface area (TPSA) is 105 Å². The number of carbonyl (C=O) groups is 1. The summed E-state index contributed by atoms with van der Waals surface area (Å²) in [7, 11) is 0. The first-order valence-corrected chi connectivity index (χ1v) is 5.10. The Balaban J connectivity index is 3.13. The van der Waals surface area contributed by atoms with Crippen molar-refractivity contribution in [3.63, 3.8) is 0 Å². The number of pyridine rings is 1. The smallest absolute Gasteiger partial charge is 0.337 e. The maximum atomic E-state index is 10.8. The standard InChI is InChI=1S/C10H13N3O4/c1-3-6(2)12-9-8(13(16)17)4-7(5-11-9)10(14)15/h4-6H,3H2,1-2H3,(H,11,12)(H,14,15). The van der Waals surface area contributed by atoms with Gasteiger partial charge in [-0.2, -0.15) is 0 Å². The molecule has 0 saturated heterocycles. The third-order valence-corrected chi connectivity index (χ3v) is 2.31. The van der Waals surface area contributed by atoms with Crippen LogP contribution in [0.15, 0.2) is 12.3 Å². The van der Waals surface area contributed by atoms with Crippen molar-refractivity contribution < 1.29 is 14.8 Å². The summed E-state index contributed by atoms with van der Waals surface area (Å²) >= 11 is 0. The second kappa shape index (κ2) is 5.24. The molecule has 92 valence electrons. The van der Waals surface area contributed by atoms with Crippen LogP contribution in [0.4, 0.5) is 11.5 Å². The lowest BCUT2D eigenvalue weighted by atomic mass is 10.2. The first kappa shape index (κ1) is 12.9. The Kier molecular flexibility index (Phi) is 3.97. The molecule has 0 aliphatic carbocycles. The minimum Gasteiger partial charge on any atom is -0.478 e. The van der Waals surface area contributed by atoms with Crippen molar-refractivity contribution in [3.8, 4) is 0 Å². The third kappa shape index (κ3) is 3.13. The first-order valence-electron chi connectivity index (χ1n) is 5.10. The van der Waals surface area contributed by atoms with Crippen molar-refractivity contribution in [1.29, 1.82) is 0 Å². The van der Waals surface area contributed by atoms with Gasteiger partial charge in [0, 0.05) is 18.3 Å². The third-order valence-electron chi connectivity index (χ3n) is 2.31. The predicted octanol–water partition coefficient (Wildman–Crippen LogP) is 1.90. The van der Waals surface area contributed by atoms with Gasteiger partial charge in [-0.25, -0.2) is 9.78 Å². The predicted molar refractivity (Wildman–Crippen MR) is 61.2 cm³/mol. The number of aromatic nitrogens is 1. The highest BCUT2D eigenvalue weighted by molar-refractivity contribution is 5.88. The van der Waals surface area contributed by atoms with Crippen molar-refractivity contribution in [2.45, 2.75) is 26.3 Å². The molecule has 0 spiro atoms. The number of anilines is 1. The number of carboxylic acid groups (broad SMARTS) is 1. The number of hydrogen-bond acceptors (Lipinski definition) is 5. The summed E-state index contributed by atoms with van der Waals surface area (Å²) in [6.07, 6.45) is 1.87. The van der Waals surface area contributed by atoms with E-state index in [0.29, 0.717) is 0 Å². The van der Waals surface area contributed by atoms with E-state index in [0.717, 1.165) is 18.7 Å². The van der Waals surface area contributed by atoms with Gasteiger partial charge in [0.1, 0.15) is 0 Å². The van der Waals surface area contributed by atoms with Crippen molar-refractivity contribution >= 4 is 17.5 Å². The van der Waals surface area contributed by atoms with E-state index in [4.69, 9.17) is 5.11 Å². The van der Waals surface area contributed by atoms with Gasteiger partial charge in [-0.15, -0.1) is 0 Å². The van der Waals surface area contributed by atoms with Crippen LogP contribution in [0, 0.1) is 10.1 Å². The molecule has 1 aromatic rings. The van der Waals surface area contributed by atoms with Crippen LogP contribution in [0.1, 0.15) is 30.6 Å². The van der Waals surface area contributed by atoms with Crippen LogP contribution in [0.25, 0.3) is 0 Å². The van der Waals surface area contributed by atoms with Crippen molar-refractivity contribution in [3.05, 3.63) is 27.9 Å². The van der Waals surface area contributed by atoms with E-state index in [2.05, 4.69) is 10.3 Å². The van der Waals surface area contributed by atoms with Gasteiger partial charge in [0.2, 0.25) is 5.82 Å². The minimum absolute atomic E-state index is 0.0249. The van der Waals surface area contributed by atoms with Gasteiger partial charge in [0.05, 0.1) is 10.5 Å². The van der Waals surface area contributed by atoms with Crippen LogP contribution >= 0.6 is 0 Å². The van der Waals surface area contributed by atoms with Crippen molar-refractivity contribution in [2.24, 2.45) is 0 Å². The Bertz CT molecular complexity index is 447. The van der Waals surface area contributed by atoms with E-state index in [1.807, 2.05) is 13.8 Å². The zero-order chi connectivity index (χ0) is 13.0. The number of rotatable bonds is 5. The molecule has 0 amide bonds. The average molecular weight is 239 g/mol. The van der Waals surface area contributed by atoms with E-state index in [9.17, 15) is 14.9 Å². The molecule has 7 nitrogen and oxygen atoms in total. The molecule has 1 unspecified atom stereocenters. The molecule has 0 aliphatic rings. The van der Waals surface area contributed by atoms with Crippen LogP contribution in [0.2, 0.25) is 0 Å². The second-order valence-electron chi connectivity index (χ2n) is 3.61. The largest absolute Gasteiger partial charge is 0.478 e. The highest BCUT2D eigenvalue weighted by Crippen LogP contribution is 2.23. The molecule has 0 fully saturated rings. The number of aromatic carboxylic acids is 1. The number of carboxylic acids is 1. The number of nitro groups is 1. The van der Waals surface area contributed by atoms with Gasteiger partial charge in [0.25, 0.3) is 0 Å². The van der Waals surface area contributed by atoms with Crippen LogP contribution in [0.3, 0.4) is 0 Å². The number of hydrogen-bond donors (Lipinski definition) is 2. The van der Waals surface area contributed by atoms with Crippen LogP contribution in [-0.2, 0) is 0 Å². The van der Waals surface area contributed by atoms with E-state index in [-0.39, 0.29) is 23.1 Å². The molecule has 0 radical (unpaired) electrons. The lowest BCUT2D eigenvalue weighted by molar-refractivity contribution is -0.384.